The van der Waals surface area contributed by atoms with Gasteiger partial charge in [-0.25, -0.2) is 14.4 Å². The van der Waals surface area contributed by atoms with E-state index in [4.69, 9.17) is 0 Å². The Balaban J connectivity index is 1.51. The van der Waals surface area contributed by atoms with Crippen LogP contribution in [0.15, 0.2) is 54.9 Å². The molecule has 0 spiro atoms. The number of carbonyl (C=O) groups excluding carboxylic acids is 1. The first-order valence-corrected chi connectivity index (χ1v) is 7.68. The second-order valence-electron chi connectivity index (χ2n) is 5.28. The summed E-state index contributed by atoms with van der Waals surface area (Å²) in [6, 6.07) is 14.1. The summed E-state index contributed by atoms with van der Waals surface area (Å²) in [5.41, 5.74) is 1.32. The van der Waals surface area contributed by atoms with E-state index in [2.05, 4.69) is 20.6 Å². The molecule has 3 aromatic rings. The minimum Gasteiger partial charge on any atom is -0.369 e. The number of rotatable bonds is 6. The monoisotopic (exact) mass is 324 g/mol. The number of nitrogens with zero attached hydrogens (tertiary/aromatic N) is 2. The van der Waals surface area contributed by atoms with Crippen molar-refractivity contribution in [2.45, 2.75) is 13.0 Å². The third kappa shape index (κ3) is 3.84. The summed E-state index contributed by atoms with van der Waals surface area (Å²) < 4.78 is 13.5. The fourth-order valence-electron chi connectivity index (χ4n) is 2.36. The van der Waals surface area contributed by atoms with Crippen molar-refractivity contribution < 1.29 is 9.18 Å². The fraction of sp³-hybridized carbons (Fsp3) is 0.167. The molecule has 6 heteroatoms. The van der Waals surface area contributed by atoms with Crippen LogP contribution in [0.1, 0.15) is 12.0 Å². The number of hydrogen-bond acceptors (Lipinski definition) is 4. The SMILES string of the molecule is O=C(CCNc1ncnc2ccccc12)NCc1ccccc1F. The Morgan fingerprint density at radius 2 is 1.83 bits per heavy atom. The van der Waals surface area contributed by atoms with E-state index >= 15 is 0 Å². The highest BCUT2D eigenvalue weighted by Gasteiger charge is 2.06. The largest absolute Gasteiger partial charge is 0.369 e. The van der Waals surface area contributed by atoms with Crippen LogP contribution in [0.25, 0.3) is 10.9 Å². The van der Waals surface area contributed by atoms with Gasteiger partial charge in [-0.3, -0.25) is 4.79 Å². The van der Waals surface area contributed by atoms with E-state index < -0.39 is 0 Å². The summed E-state index contributed by atoms with van der Waals surface area (Å²) in [6.07, 6.45) is 1.76. The van der Waals surface area contributed by atoms with E-state index in [-0.39, 0.29) is 24.7 Å². The molecule has 24 heavy (non-hydrogen) atoms. The number of amides is 1. The minimum atomic E-state index is -0.316. The number of fused-ring (bicyclic) bond motifs is 1. The second-order valence-corrected chi connectivity index (χ2v) is 5.28. The average molecular weight is 324 g/mol. The topological polar surface area (TPSA) is 66.9 Å². The number of hydrogen-bond donors (Lipinski definition) is 2. The molecule has 0 fully saturated rings. The predicted octanol–water partition coefficient (Wildman–Crippen LogP) is 2.89. The van der Waals surface area contributed by atoms with E-state index in [0.29, 0.717) is 17.9 Å². The Kier molecular flexibility index (Phi) is 4.96. The van der Waals surface area contributed by atoms with Crippen molar-refractivity contribution in [2.75, 3.05) is 11.9 Å². The first-order chi connectivity index (χ1) is 11.7. The van der Waals surface area contributed by atoms with Crippen molar-refractivity contribution in [3.8, 4) is 0 Å². The first kappa shape index (κ1) is 15.9. The quantitative estimate of drug-likeness (QED) is 0.732. The Labute approximate surface area is 138 Å². The van der Waals surface area contributed by atoms with Gasteiger partial charge in [0.1, 0.15) is 18.0 Å². The smallest absolute Gasteiger partial charge is 0.222 e. The molecule has 1 amide bonds. The summed E-state index contributed by atoms with van der Waals surface area (Å²) in [7, 11) is 0. The molecule has 0 atom stereocenters. The molecule has 0 radical (unpaired) electrons. The van der Waals surface area contributed by atoms with E-state index in [9.17, 15) is 9.18 Å². The molecular weight excluding hydrogens is 307 g/mol. The third-order valence-corrected chi connectivity index (χ3v) is 3.62. The van der Waals surface area contributed by atoms with Gasteiger partial charge in [-0.2, -0.15) is 0 Å². The molecule has 3 rings (SSSR count). The third-order valence-electron chi connectivity index (χ3n) is 3.62. The lowest BCUT2D eigenvalue weighted by molar-refractivity contribution is -0.121. The minimum absolute atomic E-state index is 0.149. The van der Waals surface area contributed by atoms with E-state index in [1.807, 2.05) is 24.3 Å². The Morgan fingerprint density at radius 3 is 2.71 bits per heavy atom. The molecule has 0 bridgehead atoms. The van der Waals surface area contributed by atoms with Gasteiger partial charge in [0.25, 0.3) is 0 Å². The van der Waals surface area contributed by atoms with Crippen LogP contribution in [0.2, 0.25) is 0 Å². The van der Waals surface area contributed by atoms with Crippen molar-refractivity contribution in [1.82, 2.24) is 15.3 Å². The van der Waals surface area contributed by atoms with Crippen molar-refractivity contribution in [1.29, 1.82) is 0 Å². The molecule has 2 aromatic carbocycles. The molecular formula is C18H17FN4O. The summed E-state index contributed by atoms with van der Waals surface area (Å²) in [5, 5.41) is 6.76. The van der Waals surface area contributed by atoms with Gasteiger partial charge in [-0.05, 0) is 18.2 Å². The standard InChI is InChI=1S/C18H17FN4O/c19-15-7-3-1-5-13(15)11-21-17(24)9-10-20-18-14-6-2-4-8-16(14)22-12-23-18/h1-8,12H,9-11H2,(H,21,24)(H,20,22,23). The van der Waals surface area contributed by atoms with Crippen LogP contribution >= 0.6 is 0 Å². The fourth-order valence-corrected chi connectivity index (χ4v) is 2.36. The molecule has 1 heterocycles. The lowest BCUT2D eigenvalue weighted by Gasteiger charge is -2.09. The van der Waals surface area contributed by atoms with Crippen molar-refractivity contribution in [3.05, 3.63) is 66.2 Å². The van der Waals surface area contributed by atoms with E-state index in [1.165, 1.54) is 12.4 Å². The van der Waals surface area contributed by atoms with Gasteiger partial charge in [0, 0.05) is 30.5 Å². The number of halogens is 1. The normalized spacial score (nSPS) is 10.5. The van der Waals surface area contributed by atoms with Gasteiger partial charge in [-0.1, -0.05) is 30.3 Å². The van der Waals surface area contributed by atoms with E-state index in [0.717, 1.165) is 10.9 Å². The average Bonchev–Trinajstić information content (AvgIpc) is 2.61. The van der Waals surface area contributed by atoms with Crippen molar-refractivity contribution in [2.24, 2.45) is 0 Å². The number of benzene rings is 2. The van der Waals surface area contributed by atoms with Crippen LogP contribution < -0.4 is 10.6 Å². The zero-order valence-electron chi connectivity index (χ0n) is 13.0. The Morgan fingerprint density at radius 1 is 1.04 bits per heavy atom. The van der Waals surface area contributed by atoms with Crippen LogP contribution in [0.4, 0.5) is 10.2 Å². The summed E-state index contributed by atoms with van der Waals surface area (Å²) in [4.78, 5) is 20.3. The van der Waals surface area contributed by atoms with Crippen LogP contribution in [-0.4, -0.2) is 22.4 Å². The molecule has 0 unspecified atom stereocenters. The Hall–Kier alpha value is -3.02. The van der Waals surface area contributed by atoms with Crippen LogP contribution in [0.3, 0.4) is 0 Å². The van der Waals surface area contributed by atoms with Gasteiger partial charge in [0.15, 0.2) is 0 Å². The number of carbonyl (C=O) groups is 1. The van der Waals surface area contributed by atoms with Gasteiger partial charge in [0.2, 0.25) is 5.91 Å². The van der Waals surface area contributed by atoms with Gasteiger partial charge >= 0.3 is 0 Å². The van der Waals surface area contributed by atoms with Crippen LogP contribution in [0.5, 0.6) is 0 Å². The maximum atomic E-state index is 13.5. The highest BCUT2D eigenvalue weighted by molar-refractivity contribution is 5.88. The molecule has 0 aliphatic heterocycles. The first-order valence-electron chi connectivity index (χ1n) is 7.68. The lowest BCUT2D eigenvalue weighted by Crippen LogP contribution is -2.25. The number of anilines is 1. The zero-order valence-corrected chi connectivity index (χ0v) is 13.0. The molecule has 122 valence electrons. The van der Waals surface area contributed by atoms with Crippen LogP contribution in [-0.2, 0) is 11.3 Å². The molecule has 0 saturated carbocycles. The van der Waals surface area contributed by atoms with Crippen molar-refractivity contribution >= 4 is 22.6 Å². The molecule has 0 aliphatic carbocycles. The maximum absolute atomic E-state index is 13.5. The second kappa shape index (κ2) is 7.50. The van der Waals surface area contributed by atoms with E-state index in [1.54, 1.807) is 18.2 Å². The lowest BCUT2D eigenvalue weighted by atomic mass is 10.2. The highest BCUT2D eigenvalue weighted by atomic mass is 19.1. The Bertz CT molecular complexity index is 848. The van der Waals surface area contributed by atoms with Gasteiger partial charge in [0.05, 0.1) is 5.52 Å². The molecule has 2 N–H and O–H groups in total. The summed E-state index contributed by atoms with van der Waals surface area (Å²) >= 11 is 0. The molecule has 5 nitrogen and oxygen atoms in total. The summed E-state index contributed by atoms with van der Waals surface area (Å²) in [6.45, 7) is 0.617. The van der Waals surface area contributed by atoms with Crippen LogP contribution in [0, 0.1) is 5.82 Å². The predicted molar refractivity (Wildman–Crippen MR) is 90.9 cm³/mol. The maximum Gasteiger partial charge on any atom is 0.222 e. The zero-order chi connectivity index (χ0) is 16.8. The number of aromatic nitrogens is 2. The highest BCUT2D eigenvalue weighted by Crippen LogP contribution is 2.18. The van der Waals surface area contributed by atoms with Gasteiger partial charge < -0.3 is 10.6 Å². The van der Waals surface area contributed by atoms with Gasteiger partial charge in [-0.15, -0.1) is 0 Å². The molecule has 0 saturated heterocycles. The van der Waals surface area contributed by atoms with Crippen molar-refractivity contribution in [3.63, 3.8) is 0 Å². The summed E-state index contributed by atoms with van der Waals surface area (Å²) in [5.74, 6) is 0.231. The number of nitrogens with one attached hydrogen (secondary N) is 2. The number of para-hydroxylation sites is 1. The molecule has 0 aliphatic rings. The molecule has 1 aromatic heterocycles.